The molecule has 2 amide bonds. The second-order valence-electron chi connectivity index (χ2n) is 5.62. The number of aromatic hydroxyl groups is 2. The van der Waals surface area contributed by atoms with Gasteiger partial charge in [-0.1, -0.05) is 6.07 Å². The Balaban J connectivity index is 1.66. The SMILES string of the molecule is Cc1cc(O)cc(O)c1C(=O)NNC(=O)C(O)c1ccc2c(c1)OCO2. The van der Waals surface area contributed by atoms with E-state index in [1.807, 2.05) is 0 Å². The van der Waals surface area contributed by atoms with Gasteiger partial charge in [0.15, 0.2) is 17.6 Å². The van der Waals surface area contributed by atoms with E-state index in [2.05, 4.69) is 10.9 Å². The molecule has 2 aromatic carbocycles. The van der Waals surface area contributed by atoms with Crippen LogP contribution in [0.4, 0.5) is 0 Å². The zero-order chi connectivity index (χ0) is 18.8. The van der Waals surface area contributed by atoms with Crippen molar-refractivity contribution in [3.63, 3.8) is 0 Å². The summed E-state index contributed by atoms with van der Waals surface area (Å²) in [5.41, 5.74) is 4.64. The van der Waals surface area contributed by atoms with Crippen molar-refractivity contribution in [3.8, 4) is 23.0 Å². The average Bonchev–Trinajstić information content (AvgIpc) is 3.05. The number of ether oxygens (including phenoxy) is 2. The minimum absolute atomic E-state index is 0.0621. The molecule has 0 fully saturated rings. The zero-order valence-corrected chi connectivity index (χ0v) is 13.6. The van der Waals surface area contributed by atoms with Crippen molar-refractivity contribution < 1.29 is 34.4 Å². The monoisotopic (exact) mass is 360 g/mol. The molecule has 5 N–H and O–H groups in total. The normalized spacial score (nSPS) is 13.2. The highest BCUT2D eigenvalue weighted by Crippen LogP contribution is 2.34. The van der Waals surface area contributed by atoms with Gasteiger partial charge in [0, 0.05) is 6.07 Å². The van der Waals surface area contributed by atoms with E-state index >= 15 is 0 Å². The van der Waals surface area contributed by atoms with E-state index in [0.29, 0.717) is 17.1 Å². The Labute approximate surface area is 147 Å². The summed E-state index contributed by atoms with van der Waals surface area (Å²) < 4.78 is 10.3. The molecule has 1 aliphatic heterocycles. The Hall–Kier alpha value is -3.46. The number of hydrogen-bond donors (Lipinski definition) is 5. The van der Waals surface area contributed by atoms with E-state index in [1.54, 1.807) is 6.07 Å². The topological polar surface area (TPSA) is 137 Å². The Morgan fingerprint density at radius 2 is 1.81 bits per heavy atom. The number of aliphatic hydroxyl groups is 1. The van der Waals surface area contributed by atoms with E-state index in [4.69, 9.17) is 9.47 Å². The van der Waals surface area contributed by atoms with Crippen molar-refractivity contribution in [3.05, 3.63) is 47.0 Å². The third-order valence-corrected chi connectivity index (χ3v) is 3.79. The smallest absolute Gasteiger partial charge is 0.273 e. The van der Waals surface area contributed by atoms with Crippen LogP contribution in [-0.2, 0) is 4.79 Å². The van der Waals surface area contributed by atoms with Gasteiger partial charge in [0.25, 0.3) is 11.8 Å². The van der Waals surface area contributed by atoms with Gasteiger partial charge in [-0.15, -0.1) is 0 Å². The average molecular weight is 360 g/mol. The molecule has 0 aliphatic carbocycles. The van der Waals surface area contributed by atoms with Crippen molar-refractivity contribution in [2.75, 3.05) is 6.79 Å². The van der Waals surface area contributed by atoms with E-state index in [-0.39, 0.29) is 23.7 Å². The van der Waals surface area contributed by atoms with Gasteiger partial charge in [0.1, 0.15) is 11.5 Å². The first-order valence-corrected chi connectivity index (χ1v) is 7.57. The highest BCUT2D eigenvalue weighted by atomic mass is 16.7. The van der Waals surface area contributed by atoms with Crippen LogP contribution in [0.1, 0.15) is 27.6 Å². The van der Waals surface area contributed by atoms with Gasteiger partial charge in [-0.3, -0.25) is 20.4 Å². The lowest BCUT2D eigenvalue weighted by Crippen LogP contribution is -2.44. The number of carbonyl (C=O) groups excluding carboxylic acids is 2. The van der Waals surface area contributed by atoms with E-state index in [9.17, 15) is 24.9 Å². The maximum absolute atomic E-state index is 12.1. The Bertz CT molecular complexity index is 858. The van der Waals surface area contributed by atoms with Gasteiger partial charge in [-0.2, -0.15) is 0 Å². The summed E-state index contributed by atoms with van der Waals surface area (Å²) in [4.78, 5) is 24.2. The van der Waals surface area contributed by atoms with Crippen LogP contribution in [0.2, 0.25) is 0 Å². The Morgan fingerprint density at radius 1 is 1.08 bits per heavy atom. The van der Waals surface area contributed by atoms with Crippen molar-refractivity contribution in [2.24, 2.45) is 0 Å². The Kier molecular flexibility index (Phi) is 4.55. The van der Waals surface area contributed by atoms with E-state index < -0.39 is 23.7 Å². The molecule has 1 unspecified atom stereocenters. The number of aryl methyl sites for hydroxylation is 1. The molecule has 9 nitrogen and oxygen atoms in total. The first-order chi connectivity index (χ1) is 12.4. The minimum Gasteiger partial charge on any atom is -0.508 e. The number of phenols is 2. The van der Waals surface area contributed by atoms with Crippen molar-refractivity contribution >= 4 is 11.8 Å². The van der Waals surface area contributed by atoms with Crippen molar-refractivity contribution in [1.82, 2.24) is 10.9 Å². The van der Waals surface area contributed by atoms with E-state index in [1.165, 1.54) is 25.1 Å². The minimum atomic E-state index is -1.56. The lowest BCUT2D eigenvalue weighted by Gasteiger charge is -2.14. The van der Waals surface area contributed by atoms with Crippen LogP contribution >= 0.6 is 0 Å². The fourth-order valence-electron chi connectivity index (χ4n) is 2.53. The van der Waals surface area contributed by atoms with Crippen LogP contribution in [0.5, 0.6) is 23.0 Å². The fraction of sp³-hybridized carbons (Fsp3) is 0.176. The molecule has 1 atom stereocenters. The molecule has 0 saturated carbocycles. The molecular formula is C17H16N2O7. The number of carbonyl (C=O) groups is 2. The molecule has 136 valence electrons. The van der Waals surface area contributed by atoms with Gasteiger partial charge >= 0.3 is 0 Å². The maximum Gasteiger partial charge on any atom is 0.273 e. The number of hydrogen-bond acceptors (Lipinski definition) is 7. The van der Waals surface area contributed by atoms with Crippen LogP contribution < -0.4 is 20.3 Å². The van der Waals surface area contributed by atoms with Crippen LogP contribution in [0.3, 0.4) is 0 Å². The molecule has 0 saturated heterocycles. The summed E-state index contributed by atoms with van der Waals surface area (Å²) in [6.07, 6.45) is -1.56. The summed E-state index contributed by atoms with van der Waals surface area (Å²) in [6.45, 7) is 1.57. The predicted molar refractivity (Wildman–Crippen MR) is 87.6 cm³/mol. The van der Waals surface area contributed by atoms with Crippen LogP contribution in [-0.4, -0.2) is 33.9 Å². The highest BCUT2D eigenvalue weighted by molar-refractivity contribution is 5.99. The van der Waals surface area contributed by atoms with Crippen LogP contribution in [0.15, 0.2) is 30.3 Å². The molecule has 1 aliphatic rings. The zero-order valence-electron chi connectivity index (χ0n) is 13.6. The molecule has 0 aromatic heterocycles. The third-order valence-electron chi connectivity index (χ3n) is 3.79. The van der Waals surface area contributed by atoms with E-state index in [0.717, 1.165) is 6.07 Å². The molecule has 26 heavy (non-hydrogen) atoms. The maximum atomic E-state index is 12.1. The van der Waals surface area contributed by atoms with Gasteiger partial charge in [-0.05, 0) is 36.2 Å². The predicted octanol–water partition coefficient (Wildman–Crippen LogP) is 0.630. The molecule has 9 heteroatoms. The number of benzene rings is 2. The van der Waals surface area contributed by atoms with Gasteiger partial charge in [0.05, 0.1) is 5.56 Å². The fourth-order valence-corrected chi connectivity index (χ4v) is 2.53. The lowest BCUT2D eigenvalue weighted by molar-refractivity contribution is -0.130. The number of rotatable bonds is 3. The molecule has 0 bridgehead atoms. The van der Waals surface area contributed by atoms with Gasteiger partial charge in [-0.25, -0.2) is 0 Å². The number of aliphatic hydroxyl groups excluding tert-OH is 1. The number of fused-ring (bicyclic) bond motifs is 1. The van der Waals surface area contributed by atoms with Crippen LogP contribution in [0, 0.1) is 6.92 Å². The van der Waals surface area contributed by atoms with Crippen molar-refractivity contribution in [1.29, 1.82) is 0 Å². The highest BCUT2D eigenvalue weighted by Gasteiger charge is 2.23. The lowest BCUT2D eigenvalue weighted by atomic mass is 10.1. The second kappa shape index (κ2) is 6.81. The number of amides is 2. The summed E-state index contributed by atoms with van der Waals surface area (Å²) in [6, 6.07) is 6.81. The van der Waals surface area contributed by atoms with Crippen molar-refractivity contribution in [2.45, 2.75) is 13.0 Å². The number of hydrazine groups is 1. The summed E-state index contributed by atoms with van der Waals surface area (Å²) in [5.74, 6) is -1.40. The molecule has 3 rings (SSSR count). The molecule has 0 spiro atoms. The molecule has 1 heterocycles. The Morgan fingerprint density at radius 3 is 2.54 bits per heavy atom. The summed E-state index contributed by atoms with van der Waals surface area (Å²) in [7, 11) is 0. The summed E-state index contributed by atoms with van der Waals surface area (Å²) in [5, 5.41) is 29.3. The second-order valence-corrected chi connectivity index (χ2v) is 5.62. The summed E-state index contributed by atoms with van der Waals surface area (Å²) >= 11 is 0. The number of phenolic OH excluding ortho intramolecular Hbond substituents is 2. The number of nitrogens with one attached hydrogen (secondary N) is 2. The van der Waals surface area contributed by atoms with Crippen LogP contribution in [0.25, 0.3) is 0 Å². The first kappa shape index (κ1) is 17.4. The molecule has 0 radical (unpaired) electrons. The quantitative estimate of drug-likeness (QED) is 0.506. The third kappa shape index (κ3) is 3.33. The van der Waals surface area contributed by atoms with Gasteiger partial charge < -0.3 is 24.8 Å². The largest absolute Gasteiger partial charge is 0.508 e. The molecule has 2 aromatic rings. The molecular weight excluding hydrogens is 344 g/mol. The van der Waals surface area contributed by atoms with Gasteiger partial charge in [0.2, 0.25) is 6.79 Å². The standard InChI is InChI=1S/C17H16N2O7/c1-8-4-10(20)6-11(21)14(8)16(23)18-19-17(24)15(22)9-2-3-12-13(5-9)26-7-25-12/h2-6,15,20-22H,7H2,1H3,(H,18,23)(H,19,24). The first-order valence-electron chi connectivity index (χ1n) is 7.57.